The van der Waals surface area contributed by atoms with Gasteiger partial charge in [0, 0.05) is 31.8 Å². The van der Waals surface area contributed by atoms with Gasteiger partial charge in [-0.3, -0.25) is 4.79 Å². The molecule has 0 aromatic heterocycles. The lowest BCUT2D eigenvalue weighted by molar-refractivity contribution is -0.130. The van der Waals surface area contributed by atoms with Gasteiger partial charge in [0.25, 0.3) is 5.91 Å². The lowest BCUT2D eigenvalue weighted by Gasteiger charge is -2.15. The van der Waals surface area contributed by atoms with E-state index in [2.05, 4.69) is 5.32 Å². The van der Waals surface area contributed by atoms with E-state index in [-0.39, 0.29) is 12.5 Å². The lowest BCUT2D eigenvalue weighted by Crippen LogP contribution is -2.40. The maximum atomic E-state index is 11.7. The van der Waals surface area contributed by atoms with Crippen molar-refractivity contribution in [2.24, 2.45) is 5.73 Å². The van der Waals surface area contributed by atoms with Crippen LogP contribution >= 0.6 is 0 Å². The minimum atomic E-state index is -0.635. The highest BCUT2D eigenvalue weighted by Gasteiger charge is 2.15. The van der Waals surface area contributed by atoms with Gasteiger partial charge in [0.1, 0.15) is 17.6 Å². The van der Waals surface area contributed by atoms with Crippen molar-refractivity contribution in [1.29, 1.82) is 0 Å². The molecule has 0 saturated carbocycles. The first-order valence-corrected chi connectivity index (χ1v) is 5.87. The molecular formula is C13H20N2O4. The summed E-state index contributed by atoms with van der Waals surface area (Å²) in [7, 11) is 4.60. The molecule has 1 unspecified atom stereocenters. The smallest absolute Gasteiger partial charge is 0.250 e. The summed E-state index contributed by atoms with van der Waals surface area (Å²) in [6.07, 6.45) is -0.635. The quantitative estimate of drug-likeness (QED) is 0.743. The molecule has 0 heterocycles. The first-order valence-electron chi connectivity index (χ1n) is 5.87. The summed E-state index contributed by atoms with van der Waals surface area (Å²) < 4.78 is 15.3. The Kier molecular flexibility index (Phi) is 6.11. The molecule has 1 rings (SSSR count). The Labute approximate surface area is 112 Å². The van der Waals surface area contributed by atoms with Gasteiger partial charge in [0.05, 0.1) is 14.2 Å². The maximum absolute atomic E-state index is 11.7. The minimum Gasteiger partial charge on any atom is -0.497 e. The van der Waals surface area contributed by atoms with E-state index in [9.17, 15) is 4.79 Å². The van der Waals surface area contributed by atoms with Gasteiger partial charge in [0.15, 0.2) is 0 Å². The monoisotopic (exact) mass is 268 g/mol. The number of carbonyl (C=O) groups is 1. The molecule has 0 aliphatic carbocycles. The minimum absolute atomic E-state index is 0.141. The first-order chi connectivity index (χ1) is 9.15. The molecule has 106 valence electrons. The van der Waals surface area contributed by atoms with Crippen LogP contribution in [-0.4, -0.2) is 39.9 Å². The Morgan fingerprint density at radius 1 is 1.32 bits per heavy atom. The number of nitrogens with two attached hydrogens (primary N) is 1. The van der Waals surface area contributed by atoms with Crippen molar-refractivity contribution in [3.63, 3.8) is 0 Å². The van der Waals surface area contributed by atoms with Crippen LogP contribution in [0.5, 0.6) is 11.5 Å². The average Bonchev–Trinajstić information content (AvgIpc) is 2.46. The van der Waals surface area contributed by atoms with Gasteiger partial charge in [0.2, 0.25) is 0 Å². The van der Waals surface area contributed by atoms with E-state index >= 15 is 0 Å². The van der Waals surface area contributed by atoms with Gasteiger partial charge >= 0.3 is 0 Å². The molecule has 1 aromatic carbocycles. The highest BCUT2D eigenvalue weighted by molar-refractivity contribution is 5.81. The Morgan fingerprint density at radius 3 is 2.58 bits per heavy atom. The number of rotatable bonds is 7. The number of ether oxygens (including phenoxy) is 3. The normalized spacial score (nSPS) is 11.8. The summed E-state index contributed by atoms with van der Waals surface area (Å²) in [6, 6.07) is 5.40. The second-order valence-corrected chi connectivity index (χ2v) is 3.86. The molecule has 0 aliphatic rings. The molecule has 0 bridgehead atoms. The number of methoxy groups -OCH3 is 3. The predicted octanol–water partition coefficient (Wildman–Crippen LogP) is 0.294. The van der Waals surface area contributed by atoms with Crippen molar-refractivity contribution in [2.75, 3.05) is 27.9 Å². The van der Waals surface area contributed by atoms with E-state index in [4.69, 9.17) is 19.9 Å². The van der Waals surface area contributed by atoms with Crippen molar-refractivity contribution in [2.45, 2.75) is 12.6 Å². The van der Waals surface area contributed by atoms with Crippen molar-refractivity contribution in [3.05, 3.63) is 23.8 Å². The predicted molar refractivity (Wildman–Crippen MR) is 71.2 cm³/mol. The molecule has 0 fully saturated rings. The van der Waals surface area contributed by atoms with Gasteiger partial charge in [-0.25, -0.2) is 0 Å². The summed E-state index contributed by atoms with van der Waals surface area (Å²) in [5, 5.41) is 2.75. The fourth-order valence-corrected chi connectivity index (χ4v) is 1.60. The molecule has 3 N–H and O–H groups in total. The molecule has 1 atom stereocenters. The van der Waals surface area contributed by atoms with Crippen LogP contribution in [0.25, 0.3) is 0 Å². The molecule has 6 heteroatoms. The highest BCUT2D eigenvalue weighted by atomic mass is 16.5. The van der Waals surface area contributed by atoms with E-state index in [1.54, 1.807) is 26.4 Å². The summed E-state index contributed by atoms with van der Waals surface area (Å²) in [6.45, 7) is 0.480. The third-order valence-electron chi connectivity index (χ3n) is 2.74. The Balaban J connectivity index is 2.69. The van der Waals surface area contributed by atoms with Gasteiger partial charge < -0.3 is 25.3 Å². The number of amides is 1. The number of nitrogens with one attached hydrogen (secondary N) is 1. The lowest BCUT2D eigenvalue weighted by atomic mass is 10.2. The van der Waals surface area contributed by atoms with Crippen molar-refractivity contribution in [1.82, 2.24) is 5.32 Å². The van der Waals surface area contributed by atoms with Crippen molar-refractivity contribution < 1.29 is 19.0 Å². The molecule has 1 aromatic rings. The van der Waals surface area contributed by atoms with E-state index < -0.39 is 6.10 Å². The Morgan fingerprint density at radius 2 is 2.05 bits per heavy atom. The van der Waals surface area contributed by atoms with Crippen LogP contribution in [-0.2, 0) is 16.1 Å². The third kappa shape index (κ3) is 4.11. The average molecular weight is 268 g/mol. The summed E-state index contributed by atoms with van der Waals surface area (Å²) in [4.78, 5) is 11.7. The zero-order chi connectivity index (χ0) is 14.3. The van der Waals surface area contributed by atoms with Gasteiger partial charge in [-0.1, -0.05) is 0 Å². The van der Waals surface area contributed by atoms with E-state index in [0.29, 0.717) is 18.0 Å². The van der Waals surface area contributed by atoms with E-state index in [0.717, 1.165) is 5.56 Å². The summed E-state index contributed by atoms with van der Waals surface area (Å²) in [5.41, 5.74) is 6.27. The van der Waals surface area contributed by atoms with Gasteiger partial charge in [-0.15, -0.1) is 0 Å². The zero-order valence-electron chi connectivity index (χ0n) is 11.4. The van der Waals surface area contributed by atoms with Gasteiger partial charge in [-0.05, 0) is 12.1 Å². The van der Waals surface area contributed by atoms with E-state index in [1.165, 1.54) is 7.11 Å². The second-order valence-electron chi connectivity index (χ2n) is 3.86. The van der Waals surface area contributed by atoms with Crippen LogP contribution in [0.15, 0.2) is 18.2 Å². The standard InChI is InChI=1S/C13H20N2O4/c1-17-10-5-4-9(11(6-10)18-2)8-15-13(16)12(7-14)19-3/h4-6,12H,7-8,14H2,1-3H3,(H,15,16). The van der Waals surface area contributed by atoms with Crippen LogP contribution in [0.1, 0.15) is 5.56 Å². The molecule has 0 saturated heterocycles. The third-order valence-corrected chi connectivity index (χ3v) is 2.74. The van der Waals surface area contributed by atoms with Gasteiger partial charge in [-0.2, -0.15) is 0 Å². The zero-order valence-corrected chi connectivity index (χ0v) is 11.4. The van der Waals surface area contributed by atoms with Crippen LogP contribution in [0, 0.1) is 0 Å². The fourth-order valence-electron chi connectivity index (χ4n) is 1.60. The number of carbonyl (C=O) groups excluding carboxylic acids is 1. The van der Waals surface area contributed by atoms with Crippen molar-refractivity contribution >= 4 is 5.91 Å². The largest absolute Gasteiger partial charge is 0.497 e. The summed E-state index contributed by atoms with van der Waals surface area (Å²) >= 11 is 0. The molecular weight excluding hydrogens is 248 g/mol. The van der Waals surface area contributed by atoms with Crippen LogP contribution in [0.4, 0.5) is 0 Å². The molecule has 0 radical (unpaired) electrons. The maximum Gasteiger partial charge on any atom is 0.250 e. The molecule has 19 heavy (non-hydrogen) atoms. The topological polar surface area (TPSA) is 82.8 Å². The number of hydrogen-bond donors (Lipinski definition) is 2. The Hall–Kier alpha value is -1.79. The molecule has 0 aliphatic heterocycles. The Bertz CT molecular complexity index is 419. The van der Waals surface area contributed by atoms with E-state index in [1.807, 2.05) is 6.07 Å². The second kappa shape index (κ2) is 7.60. The van der Waals surface area contributed by atoms with Crippen LogP contribution in [0.2, 0.25) is 0 Å². The fraction of sp³-hybridized carbons (Fsp3) is 0.462. The number of benzene rings is 1. The molecule has 1 amide bonds. The summed E-state index contributed by atoms with van der Waals surface area (Å²) in [5.74, 6) is 1.10. The first kappa shape index (κ1) is 15.3. The molecule has 6 nitrogen and oxygen atoms in total. The SMILES string of the molecule is COc1ccc(CNC(=O)C(CN)OC)c(OC)c1. The van der Waals surface area contributed by atoms with Crippen molar-refractivity contribution in [3.8, 4) is 11.5 Å². The molecule has 0 spiro atoms. The number of hydrogen-bond acceptors (Lipinski definition) is 5. The van der Waals surface area contributed by atoms with Crippen LogP contribution < -0.4 is 20.5 Å². The highest BCUT2D eigenvalue weighted by Crippen LogP contribution is 2.24. The van der Waals surface area contributed by atoms with Crippen LogP contribution in [0.3, 0.4) is 0 Å².